The van der Waals surface area contributed by atoms with Crippen molar-refractivity contribution in [1.82, 2.24) is 10.2 Å². The highest BCUT2D eigenvalue weighted by molar-refractivity contribution is 7.92. The molecule has 0 spiro atoms. The van der Waals surface area contributed by atoms with E-state index in [0.29, 0.717) is 43.3 Å². The normalized spacial score (nSPS) is 13.1. The lowest BCUT2D eigenvalue weighted by atomic mass is 10.1. The molecule has 1 aliphatic heterocycles. The van der Waals surface area contributed by atoms with Crippen molar-refractivity contribution in [3.8, 4) is 17.2 Å². The Balaban J connectivity index is 1.57. The maximum atomic E-state index is 13.9. The molecule has 0 unspecified atom stereocenters. The second kappa shape index (κ2) is 13.4. The molecule has 0 aliphatic carbocycles. The summed E-state index contributed by atoms with van der Waals surface area (Å²) in [6.07, 6.45) is 1.39. The zero-order valence-electron chi connectivity index (χ0n) is 23.5. The molecular formula is C30H35N3O7S. The van der Waals surface area contributed by atoms with E-state index >= 15 is 0 Å². The number of ether oxygens (including phenoxy) is 3. The minimum absolute atomic E-state index is 0.0579. The van der Waals surface area contributed by atoms with Crippen LogP contribution in [0.25, 0.3) is 0 Å². The summed E-state index contributed by atoms with van der Waals surface area (Å²) in [6.45, 7) is 3.22. The highest BCUT2D eigenvalue weighted by Gasteiger charge is 2.29. The Morgan fingerprint density at radius 3 is 2.32 bits per heavy atom. The first kappa shape index (κ1) is 29.7. The van der Waals surface area contributed by atoms with E-state index < -0.39 is 22.5 Å². The number of rotatable bonds is 13. The van der Waals surface area contributed by atoms with Crippen LogP contribution in [-0.4, -0.2) is 59.0 Å². The zero-order chi connectivity index (χ0) is 29.4. The van der Waals surface area contributed by atoms with Gasteiger partial charge in [0.05, 0.1) is 31.4 Å². The molecule has 1 heterocycles. The Bertz CT molecular complexity index is 1480. The van der Waals surface area contributed by atoms with E-state index in [2.05, 4.69) is 5.32 Å². The number of hydrogen-bond acceptors (Lipinski definition) is 7. The van der Waals surface area contributed by atoms with Gasteiger partial charge in [0.1, 0.15) is 12.3 Å². The van der Waals surface area contributed by atoms with Gasteiger partial charge in [0.15, 0.2) is 11.5 Å². The molecule has 0 bridgehead atoms. The van der Waals surface area contributed by atoms with Crippen LogP contribution in [0.5, 0.6) is 17.2 Å². The van der Waals surface area contributed by atoms with Crippen molar-refractivity contribution in [1.29, 1.82) is 0 Å². The lowest BCUT2D eigenvalue weighted by Gasteiger charge is -2.25. The van der Waals surface area contributed by atoms with Crippen LogP contribution in [0.15, 0.2) is 71.6 Å². The van der Waals surface area contributed by atoms with Crippen LogP contribution in [0.2, 0.25) is 0 Å². The average molecular weight is 582 g/mol. The van der Waals surface area contributed by atoms with Crippen LogP contribution >= 0.6 is 0 Å². The molecule has 0 atom stereocenters. The number of nitrogens with one attached hydrogen (secondary N) is 1. The number of hydrogen-bond donors (Lipinski definition) is 1. The first-order chi connectivity index (χ1) is 19.8. The lowest BCUT2D eigenvalue weighted by molar-refractivity contribution is -0.128. The van der Waals surface area contributed by atoms with Gasteiger partial charge in [0, 0.05) is 32.1 Å². The summed E-state index contributed by atoms with van der Waals surface area (Å²) < 4.78 is 44.9. The minimum atomic E-state index is -4.19. The fourth-order valence-electron chi connectivity index (χ4n) is 4.64. The maximum absolute atomic E-state index is 13.9. The van der Waals surface area contributed by atoms with Gasteiger partial charge in [-0.1, -0.05) is 24.3 Å². The van der Waals surface area contributed by atoms with E-state index in [0.717, 1.165) is 21.9 Å². The number of amides is 2. The predicted molar refractivity (Wildman–Crippen MR) is 155 cm³/mol. The Kier molecular flexibility index (Phi) is 9.72. The van der Waals surface area contributed by atoms with Gasteiger partial charge in [0.25, 0.3) is 10.0 Å². The van der Waals surface area contributed by atoms with E-state index in [9.17, 15) is 18.0 Å². The van der Waals surface area contributed by atoms with Gasteiger partial charge in [-0.3, -0.25) is 13.9 Å². The van der Waals surface area contributed by atoms with Crippen LogP contribution in [0.4, 0.5) is 5.69 Å². The largest absolute Gasteiger partial charge is 0.494 e. The number of likely N-dealkylation sites (tertiary alicyclic amines) is 1. The van der Waals surface area contributed by atoms with E-state index in [-0.39, 0.29) is 23.1 Å². The molecule has 4 rings (SSSR count). The van der Waals surface area contributed by atoms with Crippen molar-refractivity contribution in [3.63, 3.8) is 0 Å². The fourth-order valence-corrected chi connectivity index (χ4v) is 6.07. The summed E-state index contributed by atoms with van der Waals surface area (Å²) >= 11 is 0. The van der Waals surface area contributed by atoms with Crippen molar-refractivity contribution in [2.24, 2.45) is 0 Å². The molecule has 0 radical (unpaired) electrons. The zero-order valence-corrected chi connectivity index (χ0v) is 24.3. The quantitative estimate of drug-likeness (QED) is 0.327. The molecule has 1 fully saturated rings. The highest BCUT2D eigenvalue weighted by atomic mass is 32.2. The second-order valence-electron chi connectivity index (χ2n) is 9.42. The monoisotopic (exact) mass is 581 g/mol. The van der Waals surface area contributed by atoms with Crippen LogP contribution < -0.4 is 23.8 Å². The average Bonchev–Trinajstić information content (AvgIpc) is 3.39. The number of nitrogens with zero attached hydrogens (tertiary/aromatic N) is 2. The Morgan fingerprint density at radius 1 is 0.976 bits per heavy atom. The van der Waals surface area contributed by atoms with Crippen LogP contribution in [0, 0.1) is 0 Å². The number of benzene rings is 3. The highest BCUT2D eigenvalue weighted by Crippen LogP contribution is 2.32. The molecule has 41 heavy (non-hydrogen) atoms. The van der Waals surface area contributed by atoms with Gasteiger partial charge >= 0.3 is 0 Å². The first-order valence-corrected chi connectivity index (χ1v) is 14.8. The molecule has 218 valence electrons. The standard InChI is InChI=1S/C30H35N3O7S/c1-4-40-25-13-11-24(12-14-25)33(41(36,37)26-15-16-27(38-2)28(18-26)39-3)21-29(34)31-19-22-8-5-6-9-23(22)20-32-17-7-10-30(32)35/h5-6,8-9,11-16,18H,4,7,10,17,19-21H2,1-3H3,(H,31,34). The maximum Gasteiger partial charge on any atom is 0.264 e. The summed E-state index contributed by atoms with van der Waals surface area (Å²) in [5, 5.41) is 2.85. The van der Waals surface area contributed by atoms with Crippen molar-refractivity contribution in [2.75, 3.05) is 38.2 Å². The summed E-state index contributed by atoms with van der Waals surface area (Å²) in [5.74, 6) is 0.839. The second-order valence-corrected chi connectivity index (χ2v) is 11.3. The molecule has 11 heteroatoms. The molecule has 1 N–H and O–H groups in total. The summed E-state index contributed by atoms with van der Waals surface area (Å²) in [4.78, 5) is 27.1. The number of sulfonamides is 1. The minimum Gasteiger partial charge on any atom is -0.494 e. The molecule has 0 saturated carbocycles. The third-order valence-electron chi connectivity index (χ3n) is 6.79. The Hall–Kier alpha value is -4.25. The van der Waals surface area contributed by atoms with Crippen molar-refractivity contribution in [2.45, 2.75) is 37.8 Å². The molecule has 3 aromatic rings. The van der Waals surface area contributed by atoms with Crippen molar-refractivity contribution >= 4 is 27.5 Å². The van der Waals surface area contributed by atoms with Gasteiger partial charge in [-0.25, -0.2) is 8.42 Å². The van der Waals surface area contributed by atoms with Gasteiger partial charge in [-0.05, 0) is 60.9 Å². The van der Waals surface area contributed by atoms with E-state index in [1.807, 2.05) is 36.1 Å². The van der Waals surface area contributed by atoms with Crippen LogP contribution in [0.3, 0.4) is 0 Å². The van der Waals surface area contributed by atoms with E-state index in [4.69, 9.17) is 14.2 Å². The smallest absolute Gasteiger partial charge is 0.264 e. The summed E-state index contributed by atoms with van der Waals surface area (Å²) in [7, 11) is -1.31. The van der Waals surface area contributed by atoms with Crippen LogP contribution in [0.1, 0.15) is 30.9 Å². The SMILES string of the molecule is CCOc1ccc(N(CC(=O)NCc2ccccc2CN2CCCC2=O)S(=O)(=O)c2ccc(OC)c(OC)c2)cc1. The van der Waals surface area contributed by atoms with E-state index in [1.165, 1.54) is 32.4 Å². The molecule has 10 nitrogen and oxygen atoms in total. The Morgan fingerprint density at radius 2 is 1.68 bits per heavy atom. The van der Waals surface area contributed by atoms with E-state index in [1.54, 1.807) is 24.3 Å². The predicted octanol–water partition coefficient (Wildman–Crippen LogP) is 3.74. The van der Waals surface area contributed by atoms with Gasteiger partial charge in [-0.15, -0.1) is 0 Å². The number of carbonyl (C=O) groups is 2. The Labute approximate surface area is 240 Å². The molecule has 3 aromatic carbocycles. The molecule has 0 aromatic heterocycles. The van der Waals surface area contributed by atoms with Gasteiger partial charge < -0.3 is 24.4 Å². The third kappa shape index (κ3) is 7.10. The number of methoxy groups -OCH3 is 2. The number of anilines is 1. The van der Waals surface area contributed by atoms with Gasteiger partial charge in [0.2, 0.25) is 11.8 Å². The summed E-state index contributed by atoms with van der Waals surface area (Å²) in [5.41, 5.74) is 2.09. The molecular weight excluding hydrogens is 546 g/mol. The van der Waals surface area contributed by atoms with Crippen LogP contribution in [-0.2, 0) is 32.7 Å². The lowest BCUT2D eigenvalue weighted by Crippen LogP contribution is -2.40. The van der Waals surface area contributed by atoms with Crippen molar-refractivity contribution in [3.05, 3.63) is 77.9 Å². The van der Waals surface area contributed by atoms with Gasteiger partial charge in [-0.2, -0.15) is 0 Å². The molecule has 1 aliphatic rings. The summed E-state index contributed by atoms with van der Waals surface area (Å²) in [6, 6.07) is 18.4. The first-order valence-electron chi connectivity index (χ1n) is 13.4. The number of carbonyl (C=O) groups excluding carboxylic acids is 2. The topological polar surface area (TPSA) is 114 Å². The molecule has 2 amide bonds. The third-order valence-corrected chi connectivity index (χ3v) is 8.56. The molecule has 1 saturated heterocycles. The fraction of sp³-hybridized carbons (Fsp3) is 0.333. The van der Waals surface area contributed by atoms with Crippen molar-refractivity contribution < 1.29 is 32.2 Å².